The Morgan fingerprint density at radius 1 is 1.14 bits per heavy atom. The highest BCUT2D eigenvalue weighted by Crippen LogP contribution is 2.19. The molecule has 0 spiro atoms. The van der Waals surface area contributed by atoms with E-state index in [0.717, 1.165) is 29.8 Å². The molecule has 1 heterocycles. The van der Waals surface area contributed by atoms with Gasteiger partial charge < -0.3 is 4.74 Å². The van der Waals surface area contributed by atoms with Gasteiger partial charge in [-0.05, 0) is 30.7 Å². The number of ether oxygens (including phenoxy) is 1. The number of unbranched alkanes of at least 4 members (excludes halogenated alkanes) is 1. The summed E-state index contributed by atoms with van der Waals surface area (Å²) in [6.07, 6.45) is 8.11. The molecule has 0 atom stereocenters. The average molecular weight is 278 g/mol. The van der Waals surface area contributed by atoms with E-state index in [1.807, 2.05) is 30.3 Å². The van der Waals surface area contributed by atoms with E-state index < -0.39 is 0 Å². The summed E-state index contributed by atoms with van der Waals surface area (Å²) in [5, 5.41) is 8.78. The van der Waals surface area contributed by atoms with Crippen LogP contribution in [0.4, 0.5) is 0 Å². The van der Waals surface area contributed by atoms with E-state index in [0.29, 0.717) is 12.2 Å². The summed E-state index contributed by atoms with van der Waals surface area (Å²) in [6.45, 7) is 2.72. The molecule has 0 radical (unpaired) electrons. The van der Waals surface area contributed by atoms with E-state index in [4.69, 9.17) is 10.00 Å². The Morgan fingerprint density at radius 2 is 1.95 bits per heavy atom. The summed E-state index contributed by atoms with van der Waals surface area (Å²) in [5.41, 5.74) is 2.51. The molecule has 0 aliphatic rings. The maximum absolute atomic E-state index is 8.78. The van der Waals surface area contributed by atoms with Gasteiger partial charge >= 0.3 is 0 Å². The van der Waals surface area contributed by atoms with Crippen LogP contribution in [0.15, 0.2) is 54.7 Å². The van der Waals surface area contributed by atoms with Crippen LogP contribution < -0.4 is 4.74 Å². The van der Waals surface area contributed by atoms with E-state index in [1.165, 1.54) is 0 Å². The van der Waals surface area contributed by atoms with Crippen molar-refractivity contribution in [2.75, 3.05) is 6.61 Å². The minimum absolute atomic E-state index is 0.567. The first-order valence-electron chi connectivity index (χ1n) is 7.08. The topological polar surface area (TPSA) is 45.9 Å². The Labute approximate surface area is 125 Å². The van der Waals surface area contributed by atoms with Gasteiger partial charge in [0.15, 0.2) is 0 Å². The zero-order valence-electron chi connectivity index (χ0n) is 12.1. The average Bonchev–Trinajstić information content (AvgIpc) is 2.55. The Morgan fingerprint density at radius 3 is 2.57 bits per heavy atom. The lowest BCUT2D eigenvalue weighted by molar-refractivity contribution is 0.361. The van der Waals surface area contributed by atoms with Crippen molar-refractivity contribution in [1.29, 1.82) is 5.26 Å². The number of pyridine rings is 1. The molecular weight excluding hydrogens is 260 g/mol. The molecule has 0 saturated heterocycles. The quantitative estimate of drug-likeness (QED) is 0.738. The van der Waals surface area contributed by atoms with Gasteiger partial charge in [-0.1, -0.05) is 37.6 Å². The van der Waals surface area contributed by atoms with Gasteiger partial charge in [0.1, 0.15) is 12.4 Å². The summed E-state index contributed by atoms with van der Waals surface area (Å²) in [6, 6.07) is 13.3. The maximum Gasteiger partial charge on any atom is 0.138 e. The number of aromatic nitrogens is 1. The highest BCUT2D eigenvalue weighted by Gasteiger charge is 2.00. The molecule has 0 saturated carbocycles. The van der Waals surface area contributed by atoms with Crippen LogP contribution in [0.25, 0.3) is 11.3 Å². The van der Waals surface area contributed by atoms with Crippen molar-refractivity contribution >= 4 is 0 Å². The van der Waals surface area contributed by atoms with Gasteiger partial charge in [0.2, 0.25) is 0 Å². The monoisotopic (exact) mass is 278 g/mol. The van der Waals surface area contributed by atoms with Crippen molar-refractivity contribution in [3.8, 4) is 23.1 Å². The Balaban J connectivity index is 1.96. The third-order valence-electron chi connectivity index (χ3n) is 3.01. The lowest BCUT2D eigenvalue weighted by Gasteiger charge is -2.05. The van der Waals surface area contributed by atoms with Crippen LogP contribution in [0, 0.1) is 11.3 Å². The van der Waals surface area contributed by atoms with Gasteiger partial charge in [0.05, 0.1) is 23.5 Å². The molecule has 0 aliphatic heterocycles. The normalized spacial score (nSPS) is 10.5. The van der Waals surface area contributed by atoms with Crippen LogP contribution in [0.2, 0.25) is 0 Å². The van der Waals surface area contributed by atoms with Gasteiger partial charge in [-0.15, -0.1) is 0 Å². The molecule has 0 fully saturated rings. The van der Waals surface area contributed by atoms with Gasteiger partial charge in [0.25, 0.3) is 0 Å². The minimum atomic E-state index is 0.567. The molecule has 0 aliphatic carbocycles. The molecule has 0 unspecified atom stereocenters. The van der Waals surface area contributed by atoms with Crippen LogP contribution in [0.1, 0.15) is 25.3 Å². The fraction of sp³-hybridized carbons (Fsp3) is 0.222. The predicted molar refractivity (Wildman–Crippen MR) is 83.9 cm³/mol. The first kappa shape index (κ1) is 14.8. The van der Waals surface area contributed by atoms with Crippen LogP contribution in [-0.4, -0.2) is 11.6 Å². The highest BCUT2D eigenvalue weighted by atomic mass is 16.5. The second-order valence-corrected chi connectivity index (χ2v) is 4.64. The standard InChI is InChI=1S/C18H18N2O/c1-2-3-4-5-12-21-17-10-11-18(20-14-17)16-8-6-15(13-19)7-9-16/h4-11,14H,2-3,12H2,1H3. The van der Waals surface area contributed by atoms with Gasteiger partial charge in [0, 0.05) is 5.56 Å². The number of benzene rings is 1. The summed E-state index contributed by atoms with van der Waals surface area (Å²) in [5.74, 6) is 0.758. The number of hydrogen-bond acceptors (Lipinski definition) is 3. The molecular formula is C18H18N2O. The zero-order valence-corrected chi connectivity index (χ0v) is 12.1. The summed E-state index contributed by atoms with van der Waals surface area (Å²) < 4.78 is 5.59. The van der Waals surface area contributed by atoms with E-state index in [-0.39, 0.29) is 0 Å². The van der Waals surface area contributed by atoms with Crippen LogP contribution in [0.5, 0.6) is 5.75 Å². The van der Waals surface area contributed by atoms with E-state index >= 15 is 0 Å². The predicted octanol–water partition coefficient (Wildman–Crippen LogP) is 4.36. The summed E-state index contributed by atoms with van der Waals surface area (Å²) in [4.78, 5) is 4.39. The first-order valence-corrected chi connectivity index (χ1v) is 7.08. The van der Waals surface area contributed by atoms with Crippen LogP contribution >= 0.6 is 0 Å². The second kappa shape index (κ2) is 7.86. The van der Waals surface area contributed by atoms with Crippen molar-refractivity contribution in [3.05, 3.63) is 60.3 Å². The van der Waals surface area contributed by atoms with Crippen LogP contribution in [0.3, 0.4) is 0 Å². The molecule has 1 aromatic carbocycles. The molecule has 0 amide bonds. The second-order valence-electron chi connectivity index (χ2n) is 4.64. The number of nitriles is 1. The fourth-order valence-corrected chi connectivity index (χ4v) is 1.85. The molecule has 3 heteroatoms. The van der Waals surface area contributed by atoms with Crippen molar-refractivity contribution < 1.29 is 4.74 Å². The lowest BCUT2D eigenvalue weighted by Crippen LogP contribution is -1.94. The van der Waals surface area contributed by atoms with E-state index in [2.05, 4.69) is 24.1 Å². The SMILES string of the molecule is CCCC=CCOc1ccc(-c2ccc(C#N)cc2)nc1. The smallest absolute Gasteiger partial charge is 0.138 e. The largest absolute Gasteiger partial charge is 0.488 e. The molecule has 2 aromatic rings. The van der Waals surface area contributed by atoms with E-state index in [9.17, 15) is 0 Å². The van der Waals surface area contributed by atoms with Crippen molar-refractivity contribution in [2.45, 2.75) is 19.8 Å². The third-order valence-corrected chi connectivity index (χ3v) is 3.01. The van der Waals surface area contributed by atoms with Crippen LogP contribution in [-0.2, 0) is 0 Å². The molecule has 21 heavy (non-hydrogen) atoms. The molecule has 106 valence electrons. The van der Waals surface area contributed by atoms with Crippen molar-refractivity contribution in [3.63, 3.8) is 0 Å². The third kappa shape index (κ3) is 4.47. The fourth-order valence-electron chi connectivity index (χ4n) is 1.85. The van der Waals surface area contributed by atoms with Gasteiger partial charge in [-0.25, -0.2) is 0 Å². The number of nitrogens with zero attached hydrogens (tertiary/aromatic N) is 2. The molecule has 1 aromatic heterocycles. The summed E-state index contributed by atoms with van der Waals surface area (Å²) >= 11 is 0. The van der Waals surface area contributed by atoms with E-state index in [1.54, 1.807) is 18.3 Å². The van der Waals surface area contributed by atoms with Crippen molar-refractivity contribution in [1.82, 2.24) is 4.98 Å². The molecule has 0 bridgehead atoms. The number of rotatable bonds is 6. The Hall–Kier alpha value is -2.60. The Bertz CT molecular complexity index is 622. The van der Waals surface area contributed by atoms with Crippen molar-refractivity contribution in [2.24, 2.45) is 0 Å². The zero-order chi connectivity index (χ0) is 14.9. The first-order chi connectivity index (χ1) is 10.3. The van der Waals surface area contributed by atoms with Gasteiger partial charge in [-0.3, -0.25) is 4.98 Å². The number of allylic oxidation sites excluding steroid dienone is 1. The summed E-state index contributed by atoms with van der Waals surface area (Å²) in [7, 11) is 0. The Kier molecular flexibility index (Phi) is 5.54. The number of hydrogen-bond donors (Lipinski definition) is 0. The highest BCUT2D eigenvalue weighted by molar-refractivity contribution is 5.60. The molecule has 3 nitrogen and oxygen atoms in total. The lowest BCUT2D eigenvalue weighted by atomic mass is 10.1. The molecule has 2 rings (SSSR count). The minimum Gasteiger partial charge on any atom is -0.488 e. The molecule has 0 N–H and O–H groups in total. The van der Waals surface area contributed by atoms with Gasteiger partial charge in [-0.2, -0.15) is 5.26 Å². The maximum atomic E-state index is 8.78.